The number of nitrogens with zero attached hydrogens (tertiary/aromatic N) is 1. The number of hydrogen-bond donors (Lipinski definition) is 0. The monoisotopic (exact) mass is 243 g/mol. The van der Waals surface area contributed by atoms with Crippen LogP contribution in [-0.4, -0.2) is 9.62 Å². The van der Waals surface area contributed by atoms with Gasteiger partial charge in [-0.2, -0.15) is 0 Å². The number of carbonyl (C=O) groups excluding carboxylic acids is 1. The summed E-state index contributed by atoms with van der Waals surface area (Å²) < 4.78 is -0.262. The highest BCUT2D eigenvalue weighted by molar-refractivity contribution is 9.18. The summed E-state index contributed by atoms with van der Waals surface area (Å²) in [5.74, 6) is 0. The molecule has 1 rings (SSSR count). The number of hydrogen-bond acceptors (Lipinski definition) is 3. The second kappa shape index (κ2) is 4.13. The maximum atomic E-state index is 10.7. The number of para-hydroxylation sites is 1. The quantitative estimate of drug-likeness (QED) is 0.464. The van der Waals surface area contributed by atoms with Crippen LogP contribution in [0.1, 0.15) is 5.56 Å². The lowest BCUT2D eigenvalue weighted by atomic mass is 10.1. The van der Waals surface area contributed by atoms with Crippen molar-refractivity contribution in [2.24, 2.45) is 0 Å². The Morgan fingerprint density at radius 2 is 2.08 bits per heavy atom. The minimum atomic E-state index is -0.495. The van der Waals surface area contributed by atoms with Crippen LogP contribution in [0.15, 0.2) is 24.3 Å². The standard InChI is InChI=1S/C8H6BrNO3/c9-8(11)5-6-3-1-2-4-7(6)10(12)13/h1-4H,5H2. The van der Waals surface area contributed by atoms with Crippen LogP contribution in [0.3, 0.4) is 0 Å². The minimum absolute atomic E-state index is 0.0182. The summed E-state index contributed by atoms with van der Waals surface area (Å²) in [6.07, 6.45) is 0.0388. The normalized spacial score (nSPS) is 9.62. The van der Waals surface area contributed by atoms with Gasteiger partial charge < -0.3 is 0 Å². The van der Waals surface area contributed by atoms with Gasteiger partial charge in [0.05, 0.1) is 4.92 Å². The summed E-state index contributed by atoms with van der Waals surface area (Å²) in [5.41, 5.74) is 0.407. The van der Waals surface area contributed by atoms with Crippen LogP contribution in [0.2, 0.25) is 0 Å². The van der Waals surface area contributed by atoms with Crippen molar-refractivity contribution in [3.05, 3.63) is 39.9 Å². The molecule has 0 radical (unpaired) electrons. The fourth-order valence-electron chi connectivity index (χ4n) is 0.988. The molecule has 4 nitrogen and oxygen atoms in total. The lowest BCUT2D eigenvalue weighted by molar-refractivity contribution is -0.385. The van der Waals surface area contributed by atoms with E-state index in [1.54, 1.807) is 18.2 Å². The molecule has 0 amide bonds. The lowest BCUT2D eigenvalue weighted by Crippen LogP contribution is -1.98. The van der Waals surface area contributed by atoms with E-state index in [1.165, 1.54) is 6.07 Å². The molecule has 0 aliphatic heterocycles. The van der Waals surface area contributed by atoms with Crippen molar-refractivity contribution < 1.29 is 9.72 Å². The van der Waals surface area contributed by atoms with E-state index in [2.05, 4.69) is 15.9 Å². The zero-order valence-electron chi connectivity index (χ0n) is 6.57. The first-order valence-corrected chi connectivity index (χ1v) is 4.31. The Hall–Kier alpha value is -1.23. The lowest BCUT2D eigenvalue weighted by Gasteiger charge is -1.97. The summed E-state index contributed by atoms with van der Waals surface area (Å²) in [6, 6.07) is 6.18. The molecule has 13 heavy (non-hydrogen) atoms. The summed E-state index contributed by atoms with van der Waals surface area (Å²) in [5, 5.41) is 10.5. The van der Waals surface area contributed by atoms with E-state index in [0.717, 1.165) is 0 Å². The first-order valence-electron chi connectivity index (χ1n) is 3.52. The van der Waals surface area contributed by atoms with Crippen molar-refractivity contribution >= 4 is 26.3 Å². The van der Waals surface area contributed by atoms with E-state index in [1.807, 2.05) is 0 Å². The maximum absolute atomic E-state index is 10.7. The van der Waals surface area contributed by atoms with Crippen LogP contribution < -0.4 is 0 Å². The molecule has 0 heterocycles. The molecule has 0 saturated carbocycles. The molecule has 68 valence electrons. The number of rotatable bonds is 3. The summed E-state index contributed by atoms with van der Waals surface area (Å²) in [6.45, 7) is 0. The zero-order valence-corrected chi connectivity index (χ0v) is 8.15. The molecule has 0 N–H and O–H groups in total. The largest absolute Gasteiger partial charge is 0.286 e. The second-order valence-corrected chi connectivity index (χ2v) is 3.30. The zero-order chi connectivity index (χ0) is 9.84. The molecule has 0 saturated heterocycles. The van der Waals surface area contributed by atoms with Crippen molar-refractivity contribution in [3.8, 4) is 0 Å². The molecule has 0 spiro atoms. The van der Waals surface area contributed by atoms with E-state index in [-0.39, 0.29) is 16.8 Å². The van der Waals surface area contributed by atoms with E-state index >= 15 is 0 Å². The van der Waals surface area contributed by atoms with Gasteiger partial charge in [0.2, 0.25) is 4.69 Å². The minimum Gasteiger partial charge on any atom is -0.286 e. The van der Waals surface area contributed by atoms with Gasteiger partial charge >= 0.3 is 0 Å². The molecule has 0 unspecified atom stereocenters. The smallest absolute Gasteiger partial charge is 0.273 e. The summed E-state index contributed by atoms with van der Waals surface area (Å²) >= 11 is 2.73. The SMILES string of the molecule is O=C(Br)Cc1ccccc1[N+](=O)[O-]. The van der Waals surface area contributed by atoms with Gasteiger partial charge in [-0.25, -0.2) is 0 Å². The van der Waals surface area contributed by atoms with Crippen molar-refractivity contribution in [3.63, 3.8) is 0 Å². The number of nitro benzene ring substituents is 1. The first kappa shape index (κ1) is 9.85. The average molecular weight is 244 g/mol. The Bertz CT molecular complexity index is 351. The predicted molar refractivity (Wildman–Crippen MR) is 50.7 cm³/mol. The van der Waals surface area contributed by atoms with E-state index in [0.29, 0.717) is 5.56 Å². The molecule has 0 fully saturated rings. The van der Waals surface area contributed by atoms with Crippen molar-refractivity contribution in [2.75, 3.05) is 0 Å². The second-order valence-electron chi connectivity index (χ2n) is 2.42. The van der Waals surface area contributed by atoms with Crippen LogP contribution in [0, 0.1) is 10.1 Å². The molecule has 1 aromatic carbocycles. The van der Waals surface area contributed by atoms with Crippen molar-refractivity contribution in [1.29, 1.82) is 0 Å². The molecule has 0 aromatic heterocycles. The Morgan fingerprint density at radius 3 is 2.62 bits per heavy atom. The van der Waals surface area contributed by atoms with Gasteiger partial charge in [0, 0.05) is 18.1 Å². The Morgan fingerprint density at radius 1 is 1.46 bits per heavy atom. The molecular weight excluding hydrogens is 238 g/mol. The number of benzene rings is 1. The number of halogens is 1. The van der Waals surface area contributed by atoms with Gasteiger partial charge in [0.1, 0.15) is 0 Å². The van der Waals surface area contributed by atoms with Gasteiger partial charge in [0.15, 0.2) is 0 Å². The summed E-state index contributed by atoms with van der Waals surface area (Å²) in [7, 11) is 0. The fraction of sp³-hybridized carbons (Fsp3) is 0.125. The van der Waals surface area contributed by atoms with Crippen molar-refractivity contribution in [2.45, 2.75) is 6.42 Å². The van der Waals surface area contributed by atoms with Gasteiger partial charge in [-0.3, -0.25) is 14.9 Å². The van der Waals surface area contributed by atoms with Crippen LogP contribution in [-0.2, 0) is 11.2 Å². The fourth-order valence-corrected chi connectivity index (χ4v) is 1.29. The van der Waals surface area contributed by atoms with Gasteiger partial charge in [-0.05, 0) is 15.9 Å². The van der Waals surface area contributed by atoms with E-state index < -0.39 is 4.92 Å². The molecule has 1 aromatic rings. The van der Waals surface area contributed by atoms with Gasteiger partial charge in [-0.15, -0.1) is 0 Å². The average Bonchev–Trinajstić information content (AvgIpc) is 2.03. The Balaban J connectivity index is 3.04. The maximum Gasteiger partial charge on any atom is 0.273 e. The number of nitro groups is 1. The van der Waals surface area contributed by atoms with Crippen molar-refractivity contribution in [1.82, 2.24) is 0 Å². The first-order chi connectivity index (χ1) is 6.11. The number of carbonyl (C=O) groups is 1. The van der Waals surface area contributed by atoms with Crippen LogP contribution >= 0.6 is 15.9 Å². The molecule has 0 aliphatic rings. The molecule has 5 heteroatoms. The summed E-state index contributed by atoms with van der Waals surface area (Å²) in [4.78, 5) is 20.7. The molecule has 0 atom stereocenters. The topological polar surface area (TPSA) is 60.2 Å². The van der Waals surface area contributed by atoms with E-state index in [9.17, 15) is 14.9 Å². The van der Waals surface area contributed by atoms with Gasteiger partial charge in [0.25, 0.3) is 5.69 Å². The highest BCUT2D eigenvalue weighted by Crippen LogP contribution is 2.18. The third-order valence-corrected chi connectivity index (χ3v) is 1.80. The Kier molecular flexibility index (Phi) is 3.13. The highest BCUT2D eigenvalue weighted by atomic mass is 79.9. The Labute approximate surface area is 82.8 Å². The third-order valence-electron chi connectivity index (χ3n) is 1.52. The highest BCUT2D eigenvalue weighted by Gasteiger charge is 2.13. The molecule has 0 aliphatic carbocycles. The van der Waals surface area contributed by atoms with E-state index in [4.69, 9.17) is 0 Å². The van der Waals surface area contributed by atoms with Crippen LogP contribution in [0.4, 0.5) is 5.69 Å². The van der Waals surface area contributed by atoms with Crippen LogP contribution in [0.25, 0.3) is 0 Å². The third kappa shape index (κ3) is 2.62. The van der Waals surface area contributed by atoms with Gasteiger partial charge in [-0.1, -0.05) is 18.2 Å². The predicted octanol–water partition coefficient (Wildman–Crippen LogP) is 2.06. The van der Waals surface area contributed by atoms with Crippen LogP contribution in [0.5, 0.6) is 0 Å². The molecular formula is C8H6BrNO3. The molecule has 0 bridgehead atoms.